The van der Waals surface area contributed by atoms with Gasteiger partial charge in [0.1, 0.15) is 0 Å². The van der Waals surface area contributed by atoms with Crippen molar-refractivity contribution in [2.75, 3.05) is 33.0 Å². The second-order valence-electron chi connectivity index (χ2n) is 1.37. The van der Waals surface area contributed by atoms with Crippen LogP contribution >= 0.6 is 0 Å². The van der Waals surface area contributed by atoms with Crippen LogP contribution in [-0.2, 0) is 4.74 Å². The third-order valence-corrected chi connectivity index (χ3v) is 0.540. The quantitative estimate of drug-likeness (QED) is 0.451. The summed E-state index contributed by atoms with van der Waals surface area (Å²) in [6, 6.07) is 0. The monoisotopic (exact) mass is 152 g/mol. The van der Waals surface area contributed by atoms with Gasteiger partial charge in [0.2, 0.25) is 0 Å². The van der Waals surface area contributed by atoms with Gasteiger partial charge < -0.3 is 20.1 Å². The first kappa shape index (κ1) is 12.5. The molecule has 0 heterocycles. The van der Waals surface area contributed by atoms with Gasteiger partial charge in [-0.25, -0.2) is 0 Å². The third kappa shape index (κ3) is 24.9. The second-order valence-corrected chi connectivity index (χ2v) is 1.37. The van der Waals surface area contributed by atoms with Gasteiger partial charge >= 0.3 is 0 Å². The van der Waals surface area contributed by atoms with Crippen LogP contribution in [0.1, 0.15) is 6.92 Å². The van der Waals surface area contributed by atoms with Gasteiger partial charge in [0.05, 0.1) is 26.4 Å². The summed E-state index contributed by atoms with van der Waals surface area (Å²) < 4.78 is 4.73. The van der Waals surface area contributed by atoms with Gasteiger partial charge in [-0.05, 0) is 6.92 Å². The van der Waals surface area contributed by atoms with Gasteiger partial charge in [-0.3, -0.25) is 0 Å². The standard InChI is InChI=1S/C4H10O2.C2H6O2/c1-2-6-4-3-5;3-1-2-4/h5H,2-4H2,1H3;3-4H,1-2H2. The van der Waals surface area contributed by atoms with Crippen molar-refractivity contribution in [2.24, 2.45) is 0 Å². The zero-order chi connectivity index (χ0) is 8.24. The lowest BCUT2D eigenvalue weighted by atomic mass is 10.8. The number of aliphatic hydroxyl groups is 3. The molecular weight excluding hydrogens is 136 g/mol. The minimum atomic E-state index is -0.125. The summed E-state index contributed by atoms with van der Waals surface area (Å²) in [5.74, 6) is 0. The number of hydrogen-bond donors (Lipinski definition) is 3. The smallest absolute Gasteiger partial charge is 0.0697 e. The molecule has 0 aromatic rings. The number of ether oxygens (including phenoxy) is 1. The number of aliphatic hydroxyl groups excluding tert-OH is 3. The van der Waals surface area contributed by atoms with E-state index in [2.05, 4.69) is 0 Å². The molecule has 3 N–H and O–H groups in total. The molecule has 0 fully saturated rings. The van der Waals surface area contributed by atoms with E-state index < -0.39 is 0 Å². The molecule has 64 valence electrons. The maximum absolute atomic E-state index is 8.07. The van der Waals surface area contributed by atoms with Crippen molar-refractivity contribution in [3.8, 4) is 0 Å². The van der Waals surface area contributed by atoms with Crippen LogP contribution in [-0.4, -0.2) is 48.4 Å². The highest BCUT2D eigenvalue weighted by molar-refractivity contribution is 4.18. The second kappa shape index (κ2) is 15.9. The van der Waals surface area contributed by atoms with Gasteiger partial charge in [-0.1, -0.05) is 0 Å². The predicted octanol–water partition coefficient (Wildman–Crippen LogP) is -1.01. The Bertz CT molecular complexity index is 34.7. The SMILES string of the molecule is CCOCCO.OCCO. The first-order valence-corrected chi connectivity index (χ1v) is 3.23. The molecule has 0 bridgehead atoms. The fourth-order valence-corrected chi connectivity index (χ4v) is 0.209. The van der Waals surface area contributed by atoms with E-state index in [0.29, 0.717) is 13.2 Å². The van der Waals surface area contributed by atoms with Crippen LogP contribution in [0, 0.1) is 0 Å². The maximum atomic E-state index is 8.07. The summed E-state index contributed by atoms with van der Waals surface area (Å²) in [5.41, 5.74) is 0. The highest BCUT2D eigenvalue weighted by Crippen LogP contribution is 1.66. The van der Waals surface area contributed by atoms with Gasteiger partial charge in [0.25, 0.3) is 0 Å². The van der Waals surface area contributed by atoms with Crippen molar-refractivity contribution in [1.82, 2.24) is 0 Å². The summed E-state index contributed by atoms with van der Waals surface area (Å²) in [6.45, 7) is 2.94. The average molecular weight is 152 g/mol. The summed E-state index contributed by atoms with van der Waals surface area (Å²) in [7, 11) is 0. The maximum Gasteiger partial charge on any atom is 0.0697 e. The van der Waals surface area contributed by atoms with Crippen molar-refractivity contribution in [2.45, 2.75) is 6.92 Å². The average Bonchev–Trinajstić information content (AvgIpc) is 2.01. The molecule has 0 aliphatic carbocycles. The lowest BCUT2D eigenvalue weighted by molar-refractivity contribution is 0.102. The Morgan fingerprint density at radius 2 is 1.50 bits per heavy atom. The van der Waals surface area contributed by atoms with Gasteiger partial charge in [-0.2, -0.15) is 0 Å². The van der Waals surface area contributed by atoms with Gasteiger partial charge in [-0.15, -0.1) is 0 Å². The zero-order valence-electron chi connectivity index (χ0n) is 6.29. The summed E-state index contributed by atoms with van der Waals surface area (Å²) in [4.78, 5) is 0. The van der Waals surface area contributed by atoms with E-state index in [1.54, 1.807) is 0 Å². The topological polar surface area (TPSA) is 69.9 Å². The van der Waals surface area contributed by atoms with Crippen LogP contribution in [0.25, 0.3) is 0 Å². The van der Waals surface area contributed by atoms with Gasteiger partial charge in [0, 0.05) is 6.61 Å². The van der Waals surface area contributed by atoms with E-state index in [0.717, 1.165) is 0 Å². The molecule has 0 aromatic carbocycles. The molecule has 0 saturated heterocycles. The number of hydrogen-bond acceptors (Lipinski definition) is 4. The first-order chi connectivity index (χ1) is 4.83. The van der Waals surface area contributed by atoms with E-state index >= 15 is 0 Å². The molecule has 0 atom stereocenters. The van der Waals surface area contributed by atoms with Gasteiger partial charge in [0.15, 0.2) is 0 Å². The molecule has 4 heteroatoms. The van der Waals surface area contributed by atoms with Crippen LogP contribution in [0.3, 0.4) is 0 Å². The van der Waals surface area contributed by atoms with Crippen molar-refractivity contribution in [1.29, 1.82) is 0 Å². The minimum Gasteiger partial charge on any atom is -0.394 e. The third-order valence-electron chi connectivity index (χ3n) is 0.540. The molecule has 0 radical (unpaired) electrons. The molecular formula is C6H16O4. The molecule has 0 aromatic heterocycles. The summed E-state index contributed by atoms with van der Waals surface area (Å²) >= 11 is 0. The molecule has 0 aliphatic rings. The first-order valence-electron chi connectivity index (χ1n) is 3.23. The molecule has 10 heavy (non-hydrogen) atoms. The van der Waals surface area contributed by atoms with Crippen molar-refractivity contribution in [3.05, 3.63) is 0 Å². The molecule has 0 unspecified atom stereocenters. The van der Waals surface area contributed by atoms with Crippen LogP contribution in [0.2, 0.25) is 0 Å². The molecule has 0 amide bonds. The van der Waals surface area contributed by atoms with E-state index in [4.69, 9.17) is 20.1 Å². The zero-order valence-corrected chi connectivity index (χ0v) is 6.29. The van der Waals surface area contributed by atoms with E-state index in [9.17, 15) is 0 Å². The Balaban J connectivity index is 0. The predicted molar refractivity (Wildman–Crippen MR) is 37.8 cm³/mol. The lowest BCUT2D eigenvalue weighted by Gasteiger charge is -1.91. The normalized spacial score (nSPS) is 8.40. The van der Waals surface area contributed by atoms with Crippen LogP contribution < -0.4 is 0 Å². The summed E-state index contributed by atoms with van der Waals surface area (Å²) in [5, 5.41) is 23.3. The molecule has 0 spiro atoms. The fourth-order valence-electron chi connectivity index (χ4n) is 0.209. The van der Waals surface area contributed by atoms with Crippen molar-refractivity contribution < 1.29 is 20.1 Å². The highest BCUT2D eigenvalue weighted by Gasteiger charge is 1.73. The fraction of sp³-hybridized carbons (Fsp3) is 1.00. The Morgan fingerprint density at radius 3 is 1.60 bits per heavy atom. The molecule has 0 aliphatic heterocycles. The molecule has 4 nitrogen and oxygen atoms in total. The summed E-state index contributed by atoms with van der Waals surface area (Å²) in [6.07, 6.45) is 0. The lowest BCUT2D eigenvalue weighted by Crippen LogP contribution is -1.96. The minimum absolute atomic E-state index is 0.125. The van der Waals surface area contributed by atoms with Crippen LogP contribution in [0.15, 0.2) is 0 Å². The highest BCUT2D eigenvalue weighted by atomic mass is 16.5. The Hall–Kier alpha value is -0.160. The van der Waals surface area contributed by atoms with Crippen molar-refractivity contribution in [3.63, 3.8) is 0 Å². The van der Waals surface area contributed by atoms with E-state index in [1.165, 1.54) is 0 Å². The van der Waals surface area contributed by atoms with Crippen molar-refractivity contribution >= 4 is 0 Å². The Labute approximate surface area is 61.1 Å². The Kier molecular flexibility index (Phi) is 19.9. The van der Waals surface area contributed by atoms with E-state index in [1.807, 2.05) is 6.92 Å². The van der Waals surface area contributed by atoms with Crippen LogP contribution in [0.4, 0.5) is 0 Å². The molecule has 0 rings (SSSR count). The number of rotatable bonds is 4. The Morgan fingerprint density at radius 1 is 1.00 bits per heavy atom. The largest absolute Gasteiger partial charge is 0.394 e. The van der Waals surface area contributed by atoms with Crippen LogP contribution in [0.5, 0.6) is 0 Å². The molecule has 0 saturated carbocycles. The van der Waals surface area contributed by atoms with E-state index in [-0.39, 0.29) is 19.8 Å².